The molecule has 0 unspecified atom stereocenters. The average Bonchev–Trinajstić information content (AvgIpc) is 2.52. The smallest absolute Gasteiger partial charge is 0.261 e. The van der Waals surface area contributed by atoms with Crippen molar-refractivity contribution in [1.82, 2.24) is 14.5 Å². The third-order valence-electron chi connectivity index (χ3n) is 3.31. The minimum atomic E-state index is -0.302. The largest absolute Gasteiger partial charge is 0.323 e. The summed E-state index contributed by atoms with van der Waals surface area (Å²) >= 11 is 0. The van der Waals surface area contributed by atoms with E-state index < -0.39 is 0 Å². The molecule has 6 nitrogen and oxygen atoms in total. The molecule has 0 atom stereocenters. The predicted octanol–water partition coefficient (Wildman–Crippen LogP) is 1.74. The number of aryl methyl sites for hydroxylation is 1. The van der Waals surface area contributed by atoms with Gasteiger partial charge in [-0.15, -0.1) is 0 Å². The van der Waals surface area contributed by atoms with Crippen molar-refractivity contribution < 1.29 is 4.79 Å². The fourth-order valence-corrected chi connectivity index (χ4v) is 2.24. The minimum absolute atomic E-state index is 0.0926. The Kier molecular flexibility index (Phi) is 3.65. The van der Waals surface area contributed by atoms with Crippen molar-refractivity contribution in [2.75, 3.05) is 5.32 Å². The Morgan fingerprint density at radius 2 is 2.14 bits per heavy atom. The van der Waals surface area contributed by atoms with Crippen molar-refractivity contribution >= 4 is 22.5 Å². The molecule has 0 radical (unpaired) electrons. The highest BCUT2D eigenvalue weighted by molar-refractivity contribution is 5.90. The number of nitrogens with zero attached hydrogens (tertiary/aromatic N) is 3. The molecule has 0 aliphatic carbocycles. The van der Waals surface area contributed by atoms with Crippen LogP contribution in [0.15, 0.2) is 53.8 Å². The number of aromatic nitrogens is 3. The van der Waals surface area contributed by atoms with Gasteiger partial charge in [0.15, 0.2) is 0 Å². The monoisotopic (exact) mass is 294 g/mol. The molecule has 6 heteroatoms. The number of hydrogen-bond donors (Lipinski definition) is 1. The Bertz CT molecular complexity index is 888. The molecule has 2 heterocycles. The Balaban J connectivity index is 1.87. The van der Waals surface area contributed by atoms with E-state index >= 15 is 0 Å². The second-order valence-electron chi connectivity index (χ2n) is 4.94. The van der Waals surface area contributed by atoms with Crippen LogP contribution in [0.25, 0.3) is 10.9 Å². The number of carbonyl (C=O) groups is 1. The first kappa shape index (κ1) is 13.9. The summed E-state index contributed by atoms with van der Waals surface area (Å²) in [6.07, 6.45) is 4.57. The van der Waals surface area contributed by atoms with Crippen molar-refractivity contribution in [3.05, 3.63) is 65.0 Å². The topological polar surface area (TPSA) is 76.9 Å². The van der Waals surface area contributed by atoms with Gasteiger partial charge in [-0.3, -0.25) is 19.1 Å². The molecule has 2 aromatic heterocycles. The molecule has 22 heavy (non-hydrogen) atoms. The number of amides is 1. The van der Waals surface area contributed by atoms with Crippen LogP contribution in [0.4, 0.5) is 5.69 Å². The molecule has 110 valence electrons. The third kappa shape index (κ3) is 2.71. The number of para-hydroxylation sites is 1. The summed E-state index contributed by atoms with van der Waals surface area (Å²) in [6, 6.07) is 8.88. The van der Waals surface area contributed by atoms with Crippen LogP contribution in [-0.2, 0) is 11.3 Å². The van der Waals surface area contributed by atoms with Crippen LogP contribution >= 0.6 is 0 Å². The van der Waals surface area contributed by atoms with Gasteiger partial charge in [-0.2, -0.15) is 0 Å². The zero-order valence-electron chi connectivity index (χ0n) is 12.0. The van der Waals surface area contributed by atoms with Crippen molar-refractivity contribution in [2.24, 2.45) is 0 Å². The summed E-state index contributed by atoms with van der Waals surface area (Å²) in [7, 11) is 0. The first-order chi connectivity index (χ1) is 10.6. The molecule has 0 fully saturated rings. The van der Waals surface area contributed by atoms with E-state index in [1.54, 1.807) is 36.7 Å². The second kappa shape index (κ2) is 5.77. The molecule has 1 N–H and O–H groups in total. The molecule has 0 saturated carbocycles. The summed E-state index contributed by atoms with van der Waals surface area (Å²) in [4.78, 5) is 32.6. The van der Waals surface area contributed by atoms with E-state index in [2.05, 4.69) is 15.3 Å². The molecular weight excluding hydrogens is 280 g/mol. The number of nitrogens with one attached hydrogen (secondary N) is 1. The lowest BCUT2D eigenvalue weighted by atomic mass is 10.1. The van der Waals surface area contributed by atoms with Crippen LogP contribution in [0.1, 0.15) is 5.56 Å². The normalized spacial score (nSPS) is 10.6. The minimum Gasteiger partial charge on any atom is -0.323 e. The van der Waals surface area contributed by atoms with Crippen molar-refractivity contribution in [3.8, 4) is 0 Å². The Hall–Kier alpha value is -3.02. The zero-order chi connectivity index (χ0) is 15.5. The Morgan fingerprint density at radius 3 is 2.91 bits per heavy atom. The van der Waals surface area contributed by atoms with Crippen molar-refractivity contribution in [3.63, 3.8) is 0 Å². The highest BCUT2D eigenvalue weighted by atomic mass is 16.2. The maximum Gasteiger partial charge on any atom is 0.261 e. The van der Waals surface area contributed by atoms with E-state index in [1.807, 2.05) is 13.0 Å². The number of hydrogen-bond acceptors (Lipinski definition) is 4. The van der Waals surface area contributed by atoms with Gasteiger partial charge < -0.3 is 5.32 Å². The quantitative estimate of drug-likeness (QED) is 0.798. The fourth-order valence-electron chi connectivity index (χ4n) is 2.24. The predicted molar refractivity (Wildman–Crippen MR) is 83.6 cm³/mol. The van der Waals surface area contributed by atoms with Gasteiger partial charge in [-0.05, 0) is 30.7 Å². The first-order valence-corrected chi connectivity index (χ1v) is 6.80. The maximum absolute atomic E-state index is 12.4. The Labute approximate surface area is 126 Å². The lowest BCUT2D eigenvalue weighted by Gasteiger charge is -2.08. The van der Waals surface area contributed by atoms with Gasteiger partial charge in [0.25, 0.3) is 5.56 Å². The van der Waals surface area contributed by atoms with Gasteiger partial charge >= 0.3 is 0 Å². The molecule has 0 aliphatic heterocycles. The van der Waals surface area contributed by atoms with E-state index in [1.165, 1.54) is 10.9 Å². The van der Waals surface area contributed by atoms with Crippen molar-refractivity contribution in [1.29, 1.82) is 0 Å². The standard InChI is InChI=1S/C16H14N4O2/c1-11-4-2-6-13-15(11)18-10-20(16(13)22)9-14(21)19-12-5-3-7-17-8-12/h2-8,10H,9H2,1H3,(H,19,21). The van der Waals surface area contributed by atoms with Gasteiger partial charge in [0.1, 0.15) is 6.54 Å². The van der Waals surface area contributed by atoms with E-state index in [4.69, 9.17) is 0 Å². The summed E-state index contributed by atoms with van der Waals surface area (Å²) in [5.74, 6) is -0.302. The zero-order valence-corrected chi connectivity index (χ0v) is 12.0. The van der Waals surface area contributed by atoms with Crippen LogP contribution in [0.3, 0.4) is 0 Å². The van der Waals surface area contributed by atoms with Gasteiger partial charge in [0.2, 0.25) is 5.91 Å². The third-order valence-corrected chi connectivity index (χ3v) is 3.31. The van der Waals surface area contributed by atoms with E-state index in [9.17, 15) is 9.59 Å². The molecule has 0 spiro atoms. The van der Waals surface area contributed by atoms with E-state index in [0.29, 0.717) is 16.6 Å². The van der Waals surface area contributed by atoms with Crippen LogP contribution in [0.5, 0.6) is 0 Å². The number of anilines is 1. The highest BCUT2D eigenvalue weighted by Gasteiger charge is 2.09. The van der Waals surface area contributed by atoms with Gasteiger partial charge in [-0.1, -0.05) is 12.1 Å². The van der Waals surface area contributed by atoms with Crippen LogP contribution < -0.4 is 10.9 Å². The van der Waals surface area contributed by atoms with Crippen molar-refractivity contribution in [2.45, 2.75) is 13.5 Å². The molecule has 3 rings (SSSR count). The summed E-state index contributed by atoms with van der Waals surface area (Å²) in [5, 5.41) is 3.20. The van der Waals surface area contributed by atoms with E-state index in [-0.39, 0.29) is 18.0 Å². The summed E-state index contributed by atoms with van der Waals surface area (Å²) in [6.45, 7) is 1.80. The number of carbonyl (C=O) groups excluding carboxylic acids is 1. The van der Waals surface area contributed by atoms with Crippen LogP contribution in [0.2, 0.25) is 0 Å². The molecule has 1 aromatic carbocycles. The number of benzene rings is 1. The van der Waals surface area contributed by atoms with Gasteiger partial charge in [0.05, 0.1) is 29.1 Å². The lowest BCUT2D eigenvalue weighted by molar-refractivity contribution is -0.116. The van der Waals surface area contributed by atoms with Crippen LogP contribution in [0, 0.1) is 6.92 Å². The fraction of sp³-hybridized carbons (Fsp3) is 0.125. The summed E-state index contributed by atoms with van der Waals surface area (Å²) in [5.41, 5.74) is 1.96. The average molecular weight is 294 g/mol. The summed E-state index contributed by atoms with van der Waals surface area (Å²) < 4.78 is 1.30. The first-order valence-electron chi connectivity index (χ1n) is 6.80. The maximum atomic E-state index is 12.4. The number of rotatable bonds is 3. The highest BCUT2D eigenvalue weighted by Crippen LogP contribution is 2.11. The molecule has 3 aromatic rings. The molecule has 0 bridgehead atoms. The molecule has 0 aliphatic rings. The Morgan fingerprint density at radius 1 is 1.27 bits per heavy atom. The molecule has 0 saturated heterocycles. The van der Waals surface area contributed by atoms with Gasteiger partial charge in [0, 0.05) is 6.20 Å². The van der Waals surface area contributed by atoms with Gasteiger partial charge in [-0.25, -0.2) is 4.98 Å². The molecular formula is C16H14N4O2. The molecule has 1 amide bonds. The number of pyridine rings is 1. The lowest BCUT2D eigenvalue weighted by Crippen LogP contribution is -2.28. The van der Waals surface area contributed by atoms with E-state index in [0.717, 1.165) is 5.56 Å². The SMILES string of the molecule is Cc1cccc2c(=O)n(CC(=O)Nc3cccnc3)cnc12. The number of fused-ring (bicyclic) bond motifs is 1. The van der Waals surface area contributed by atoms with Crippen LogP contribution in [-0.4, -0.2) is 20.4 Å². The second-order valence-corrected chi connectivity index (χ2v) is 4.94.